The van der Waals surface area contributed by atoms with Gasteiger partial charge < -0.3 is 9.63 Å². The molecule has 20 heavy (non-hydrogen) atoms. The summed E-state index contributed by atoms with van der Waals surface area (Å²) in [4.78, 5) is 6.38. The van der Waals surface area contributed by atoms with Crippen LogP contribution in [0.2, 0.25) is 0 Å². The minimum atomic E-state index is -0.635. The number of benzene rings is 1. The maximum atomic E-state index is 12.9. The lowest BCUT2D eigenvalue weighted by Crippen LogP contribution is -2.29. The fraction of sp³-hybridized carbons (Fsp3) is 0.429. The van der Waals surface area contributed by atoms with Crippen molar-refractivity contribution in [2.45, 2.75) is 25.5 Å². The zero-order valence-corrected chi connectivity index (χ0v) is 11.2. The van der Waals surface area contributed by atoms with Crippen molar-refractivity contribution in [3.05, 3.63) is 35.9 Å². The molecule has 6 heteroatoms. The van der Waals surface area contributed by atoms with Gasteiger partial charge in [-0.05, 0) is 37.6 Å². The van der Waals surface area contributed by atoms with Crippen LogP contribution in [-0.4, -0.2) is 38.8 Å². The zero-order chi connectivity index (χ0) is 14.2. The van der Waals surface area contributed by atoms with Gasteiger partial charge in [0.25, 0.3) is 5.89 Å². The number of hydrogen-bond donors (Lipinski definition) is 1. The van der Waals surface area contributed by atoms with Crippen LogP contribution in [0.15, 0.2) is 28.8 Å². The van der Waals surface area contributed by atoms with Crippen LogP contribution in [0.4, 0.5) is 4.39 Å². The molecular weight excluding hydrogens is 261 g/mol. The Bertz CT molecular complexity index is 595. The van der Waals surface area contributed by atoms with E-state index >= 15 is 0 Å². The average Bonchev–Trinajstić information content (AvgIpc) is 2.98. The Labute approximate surface area is 116 Å². The Morgan fingerprint density at radius 3 is 2.80 bits per heavy atom. The van der Waals surface area contributed by atoms with Crippen LogP contribution >= 0.6 is 0 Å². The minimum Gasteiger partial charge on any atom is -0.389 e. The van der Waals surface area contributed by atoms with E-state index in [0.717, 1.165) is 13.0 Å². The molecule has 106 valence electrons. The summed E-state index contributed by atoms with van der Waals surface area (Å²) < 4.78 is 18.0. The lowest BCUT2D eigenvalue weighted by Gasteiger charge is -2.16. The van der Waals surface area contributed by atoms with E-state index in [2.05, 4.69) is 15.0 Å². The van der Waals surface area contributed by atoms with Gasteiger partial charge in [-0.25, -0.2) is 4.39 Å². The molecule has 0 radical (unpaired) electrons. The molecule has 1 aromatic heterocycles. The molecule has 2 aromatic rings. The maximum absolute atomic E-state index is 12.9. The van der Waals surface area contributed by atoms with Gasteiger partial charge in [-0.2, -0.15) is 4.98 Å². The highest BCUT2D eigenvalue weighted by molar-refractivity contribution is 5.52. The fourth-order valence-corrected chi connectivity index (χ4v) is 2.40. The summed E-state index contributed by atoms with van der Waals surface area (Å²) in [5.74, 6) is 0.653. The van der Waals surface area contributed by atoms with E-state index in [1.807, 2.05) is 6.92 Å². The smallest absolute Gasteiger partial charge is 0.257 e. The number of aromatic nitrogens is 2. The molecule has 5 nitrogen and oxygen atoms in total. The molecule has 0 aliphatic carbocycles. The van der Waals surface area contributed by atoms with Gasteiger partial charge in [-0.3, -0.25) is 4.90 Å². The van der Waals surface area contributed by atoms with E-state index < -0.39 is 5.60 Å². The number of rotatable bonds is 3. The van der Waals surface area contributed by atoms with E-state index in [1.54, 1.807) is 12.1 Å². The number of aliphatic hydroxyl groups is 1. The summed E-state index contributed by atoms with van der Waals surface area (Å²) >= 11 is 0. The molecule has 0 spiro atoms. The standard InChI is InChI=1S/C14H16FN3O2/c1-14(19)6-7-18(9-14)8-12-16-13(20-17-12)10-2-4-11(15)5-3-10/h2-5,19H,6-9H2,1H3. The van der Waals surface area contributed by atoms with Crippen molar-refractivity contribution in [3.8, 4) is 11.5 Å². The highest BCUT2D eigenvalue weighted by Crippen LogP contribution is 2.22. The van der Waals surface area contributed by atoms with Crippen LogP contribution in [0.3, 0.4) is 0 Å². The van der Waals surface area contributed by atoms with Gasteiger partial charge in [0.1, 0.15) is 5.82 Å². The Kier molecular flexibility index (Phi) is 3.27. The molecule has 1 unspecified atom stereocenters. The Balaban J connectivity index is 1.70. The summed E-state index contributed by atoms with van der Waals surface area (Å²) in [5.41, 5.74) is 0.0577. The van der Waals surface area contributed by atoms with Gasteiger partial charge in [0, 0.05) is 18.7 Å². The predicted molar refractivity (Wildman–Crippen MR) is 70.2 cm³/mol. The average molecular weight is 277 g/mol. The topological polar surface area (TPSA) is 62.4 Å². The summed E-state index contributed by atoms with van der Waals surface area (Å²) in [6.45, 7) is 3.79. The van der Waals surface area contributed by atoms with Crippen molar-refractivity contribution in [3.63, 3.8) is 0 Å². The molecular formula is C14H16FN3O2. The third-order valence-electron chi connectivity index (χ3n) is 3.46. The van der Waals surface area contributed by atoms with Crippen molar-refractivity contribution in [2.24, 2.45) is 0 Å². The lowest BCUT2D eigenvalue weighted by molar-refractivity contribution is 0.0675. The molecule has 1 atom stereocenters. The molecule has 1 aromatic carbocycles. The Morgan fingerprint density at radius 2 is 2.15 bits per heavy atom. The Hall–Kier alpha value is -1.79. The summed E-state index contributed by atoms with van der Waals surface area (Å²) in [6.07, 6.45) is 0.746. The van der Waals surface area contributed by atoms with Crippen molar-refractivity contribution in [2.75, 3.05) is 13.1 Å². The molecule has 1 N–H and O–H groups in total. The first-order chi connectivity index (χ1) is 9.52. The third kappa shape index (κ3) is 2.86. The third-order valence-corrected chi connectivity index (χ3v) is 3.46. The van der Waals surface area contributed by atoms with Crippen molar-refractivity contribution >= 4 is 0 Å². The van der Waals surface area contributed by atoms with Gasteiger partial charge >= 0.3 is 0 Å². The van der Waals surface area contributed by atoms with E-state index in [1.165, 1.54) is 12.1 Å². The molecule has 1 saturated heterocycles. The number of β-amino-alcohol motifs (C(OH)–C–C–N with tert-alkyl or cyclic N) is 1. The normalized spacial score (nSPS) is 23.4. The summed E-state index contributed by atoms with van der Waals surface area (Å²) in [6, 6.07) is 5.92. The van der Waals surface area contributed by atoms with Gasteiger partial charge in [0.2, 0.25) is 0 Å². The predicted octanol–water partition coefficient (Wildman–Crippen LogP) is 1.83. The second-order valence-electron chi connectivity index (χ2n) is 5.48. The van der Waals surface area contributed by atoms with Crippen LogP contribution < -0.4 is 0 Å². The molecule has 0 saturated carbocycles. The number of nitrogens with zero attached hydrogens (tertiary/aromatic N) is 3. The molecule has 0 bridgehead atoms. The van der Waals surface area contributed by atoms with Crippen molar-refractivity contribution in [1.29, 1.82) is 0 Å². The molecule has 1 aliphatic heterocycles. The quantitative estimate of drug-likeness (QED) is 0.927. The molecule has 1 fully saturated rings. The first-order valence-corrected chi connectivity index (χ1v) is 6.55. The SMILES string of the molecule is CC1(O)CCN(Cc2noc(-c3ccc(F)cc3)n2)C1. The van der Waals surface area contributed by atoms with Gasteiger partial charge in [0.05, 0.1) is 12.1 Å². The van der Waals surface area contributed by atoms with E-state index in [4.69, 9.17) is 4.52 Å². The zero-order valence-electron chi connectivity index (χ0n) is 11.2. The first kappa shape index (κ1) is 13.2. The fourth-order valence-electron chi connectivity index (χ4n) is 2.40. The van der Waals surface area contributed by atoms with Crippen LogP contribution in [-0.2, 0) is 6.54 Å². The highest BCUT2D eigenvalue weighted by Gasteiger charge is 2.31. The number of halogens is 1. The van der Waals surface area contributed by atoms with Gasteiger partial charge in [-0.15, -0.1) is 0 Å². The lowest BCUT2D eigenvalue weighted by atomic mass is 10.1. The summed E-state index contributed by atoms with van der Waals surface area (Å²) in [5, 5.41) is 13.8. The van der Waals surface area contributed by atoms with Crippen LogP contribution in [0, 0.1) is 5.82 Å². The largest absolute Gasteiger partial charge is 0.389 e. The second kappa shape index (κ2) is 4.96. The summed E-state index contributed by atoms with van der Waals surface area (Å²) in [7, 11) is 0. The minimum absolute atomic E-state index is 0.298. The molecule has 3 rings (SSSR count). The van der Waals surface area contributed by atoms with Crippen molar-refractivity contribution in [1.82, 2.24) is 15.0 Å². The first-order valence-electron chi connectivity index (χ1n) is 6.55. The van der Waals surface area contributed by atoms with Crippen LogP contribution in [0.5, 0.6) is 0 Å². The molecule has 0 amide bonds. The van der Waals surface area contributed by atoms with Gasteiger partial charge in [-0.1, -0.05) is 5.16 Å². The van der Waals surface area contributed by atoms with E-state index in [9.17, 15) is 9.50 Å². The number of hydrogen-bond acceptors (Lipinski definition) is 5. The second-order valence-corrected chi connectivity index (χ2v) is 5.48. The van der Waals surface area contributed by atoms with Crippen LogP contribution in [0.1, 0.15) is 19.2 Å². The van der Waals surface area contributed by atoms with Crippen molar-refractivity contribution < 1.29 is 14.0 Å². The molecule has 2 heterocycles. The van der Waals surface area contributed by atoms with Gasteiger partial charge in [0.15, 0.2) is 5.82 Å². The van der Waals surface area contributed by atoms with E-state index in [-0.39, 0.29) is 5.82 Å². The monoisotopic (exact) mass is 277 g/mol. The maximum Gasteiger partial charge on any atom is 0.257 e. The Morgan fingerprint density at radius 1 is 1.40 bits per heavy atom. The van der Waals surface area contributed by atoms with E-state index in [0.29, 0.717) is 30.4 Å². The number of likely N-dealkylation sites (tertiary alicyclic amines) is 1. The van der Waals surface area contributed by atoms with Crippen LogP contribution in [0.25, 0.3) is 11.5 Å². The molecule has 1 aliphatic rings. The highest BCUT2D eigenvalue weighted by atomic mass is 19.1.